The summed E-state index contributed by atoms with van der Waals surface area (Å²) >= 11 is 7.05. The summed E-state index contributed by atoms with van der Waals surface area (Å²) in [5.41, 5.74) is 0.0769. The van der Waals surface area contributed by atoms with Crippen LogP contribution in [0.1, 0.15) is 46.5 Å². The molecule has 0 aromatic heterocycles. The van der Waals surface area contributed by atoms with E-state index in [1.807, 2.05) is 0 Å². The fraction of sp³-hybridized carbons (Fsp3) is 0.933. The highest BCUT2D eigenvalue weighted by Gasteiger charge is 2.68. The topological polar surface area (TPSA) is 35.5 Å². The number of hydrogen-bond donors (Lipinski definition) is 0. The molecule has 3 rings (SSSR count). The lowest BCUT2D eigenvalue weighted by Crippen LogP contribution is -2.60. The second-order valence-corrected chi connectivity index (χ2v) is 7.47. The molecule has 2 bridgehead atoms. The molecule has 6 atom stereocenters. The van der Waals surface area contributed by atoms with Gasteiger partial charge in [-0.2, -0.15) is 0 Å². The molecule has 108 valence electrons. The second-order valence-electron chi connectivity index (χ2n) is 6.79. The number of rotatable bonds is 1. The molecular formula is C15H23ClO3. The van der Waals surface area contributed by atoms with Gasteiger partial charge in [0, 0.05) is 18.8 Å². The number of alkyl halides is 1. The summed E-state index contributed by atoms with van der Waals surface area (Å²) in [5, 5.41) is 0. The molecule has 3 fully saturated rings. The van der Waals surface area contributed by atoms with Crippen molar-refractivity contribution >= 4 is 17.6 Å². The first-order chi connectivity index (χ1) is 8.89. The van der Waals surface area contributed by atoms with Gasteiger partial charge in [0.25, 0.3) is 0 Å². The third-order valence-corrected chi connectivity index (χ3v) is 6.74. The van der Waals surface area contributed by atoms with E-state index in [1.165, 1.54) is 6.92 Å². The zero-order valence-electron chi connectivity index (χ0n) is 11.9. The molecule has 1 saturated heterocycles. The van der Waals surface area contributed by atoms with Crippen molar-refractivity contribution in [1.29, 1.82) is 0 Å². The Balaban J connectivity index is 1.89. The first-order valence-electron chi connectivity index (χ1n) is 7.37. The van der Waals surface area contributed by atoms with Crippen molar-refractivity contribution in [3.8, 4) is 0 Å². The number of carbonyl (C=O) groups excluding carboxylic acids is 1. The minimum absolute atomic E-state index is 0.0343. The van der Waals surface area contributed by atoms with E-state index in [4.69, 9.17) is 21.1 Å². The lowest BCUT2D eigenvalue weighted by Gasteiger charge is -2.56. The second kappa shape index (κ2) is 4.36. The van der Waals surface area contributed by atoms with Crippen molar-refractivity contribution in [2.24, 2.45) is 17.3 Å². The highest BCUT2D eigenvalue weighted by atomic mass is 35.5. The number of hydrogen-bond acceptors (Lipinski definition) is 3. The van der Waals surface area contributed by atoms with Crippen molar-refractivity contribution < 1.29 is 14.3 Å². The summed E-state index contributed by atoms with van der Waals surface area (Å²) in [6.07, 6.45) is 3.79. The van der Waals surface area contributed by atoms with Gasteiger partial charge < -0.3 is 9.47 Å². The Morgan fingerprint density at radius 1 is 1.42 bits per heavy atom. The van der Waals surface area contributed by atoms with Gasteiger partial charge in [0.05, 0.1) is 17.6 Å². The Morgan fingerprint density at radius 3 is 2.84 bits per heavy atom. The van der Waals surface area contributed by atoms with Crippen LogP contribution in [-0.4, -0.2) is 29.7 Å². The van der Waals surface area contributed by atoms with Gasteiger partial charge in [0.2, 0.25) is 0 Å². The predicted octanol–water partition coefficient (Wildman–Crippen LogP) is 3.14. The predicted molar refractivity (Wildman–Crippen MR) is 73.1 cm³/mol. The lowest BCUT2D eigenvalue weighted by atomic mass is 9.52. The quantitative estimate of drug-likeness (QED) is 0.549. The molecule has 6 unspecified atom stereocenters. The molecule has 0 aromatic rings. The van der Waals surface area contributed by atoms with E-state index < -0.39 is 0 Å². The van der Waals surface area contributed by atoms with Crippen molar-refractivity contribution in [3.05, 3.63) is 0 Å². The Kier molecular flexibility index (Phi) is 3.14. The zero-order valence-corrected chi connectivity index (χ0v) is 12.7. The van der Waals surface area contributed by atoms with Crippen LogP contribution in [0.4, 0.5) is 0 Å². The van der Waals surface area contributed by atoms with E-state index in [2.05, 4.69) is 13.8 Å². The van der Waals surface area contributed by atoms with Gasteiger partial charge >= 0.3 is 5.97 Å². The van der Waals surface area contributed by atoms with Gasteiger partial charge in [-0.3, -0.25) is 4.79 Å². The van der Waals surface area contributed by atoms with Crippen LogP contribution < -0.4 is 0 Å². The Labute approximate surface area is 120 Å². The van der Waals surface area contributed by atoms with Crippen LogP contribution in [0, 0.1) is 17.3 Å². The summed E-state index contributed by atoms with van der Waals surface area (Å²) in [6.45, 7) is 6.88. The molecule has 3 nitrogen and oxygen atoms in total. The summed E-state index contributed by atoms with van der Waals surface area (Å²) in [4.78, 5) is 10.8. The maximum absolute atomic E-state index is 11.2. The minimum atomic E-state index is -0.336. The molecule has 0 aromatic carbocycles. The highest BCUT2D eigenvalue weighted by Crippen LogP contribution is 2.65. The molecule has 3 aliphatic rings. The SMILES string of the molecule is CC(=O)OC1CCC23COC(CC(C)C2C)C3(Cl)C1. The van der Waals surface area contributed by atoms with Crippen LogP contribution in [0.15, 0.2) is 0 Å². The third-order valence-electron chi connectivity index (χ3n) is 5.96. The molecule has 1 heterocycles. The summed E-state index contributed by atoms with van der Waals surface area (Å²) in [6, 6.07) is 0. The molecule has 0 amide bonds. The fourth-order valence-electron chi connectivity index (χ4n) is 4.70. The number of halogens is 1. The molecule has 0 spiro atoms. The standard InChI is InChI=1S/C15H23ClO3/c1-9-6-13-15(16)7-12(19-11(3)17)4-5-14(15,8-18-13)10(9)2/h9-10,12-13H,4-8H2,1-3H3. The fourth-order valence-corrected chi connectivity index (χ4v) is 5.35. The molecule has 0 N–H and O–H groups in total. The molecule has 19 heavy (non-hydrogen) atoms. The van der Waals surface area contributed by atoms with Crippen molar-refractivity contribution in [2.45, 2.75) is 63.5 Å². The van der Waals surface area contributed by atoms with Crippen LogP contribution in [0.5, 0.6) is 0 Å². The summed E-state index contributed by atoms with van der Waals surface area (Å²) in [5.74, 6) is 1.03. The van der Waals surface area contributed by atoms with Gasteiger partial charge in [-0.25, -0.2) is 0 Å². The average molecular weight is 287 g/mol. The Hall–Kier alpha value is -0.280. The maximum atomic E-state index is 11.2. The van der Waals surface area contributed by atoms with Crippen molar-refractivity contribution in [3.63, 3.8) is 0 Å². The van der Waals surface area contributed by atoms with Gasteiger partial charge in [-0.15, -0.1) is 11.6 Å². The van der Waals surface area contributed by atoms with E-state index in [0.717, 1.165) is 32.3 Å². The summed E-state index contributed by atoms with van der Waals surface area (Å²) < 4.78 is 11.4. The number of esters is 1. The minimum Gasteiger partial charge on any atom is -0.462 e. The molecule has 2 saturated carbocycles. The van der Waals surface area contributed by atoms with Crippen LogP contribution in [0.3, 0.4) is 0 Å². The van der Waals surface area contributed by atoms with E-state index in [-0.39, 0.29) is 28.5 Å². The van der Waals surface area contributed by atoms with Crippen LogP contribution in [0.25, 0.3) is 0 Å². The maximum Gasteiger partial charge on any atom is 0.302 e. The number of carbonyl (C=O) groups is 1. The van der Waals surface area contributed by atoms with E-state index in [0.29, 0.717) is 11.8 Å². The van der Waals surface area contributed by atoms with Crippen LogP contribution in [0.2, 0.25) is 0 Å². The van der Waals surface area contributed by atoms with Gasteiger partial charge in [0.15, 0.2) is 0 Å². The first kappa shape index (κ1) is 13.7. The monoisotopic (exact) mass is 286 g/mol. The van der Waals surface area contributed by atoms with E-state index in [9.17, 15) is 4.79 Å². The Bertz CT molecular complexity index is 399. The van der Waals surface area contributed by atoms with Crippen molar-refractivity contribution in [1.82, 2.24) is 0 Å². The smallest absolute Gasteiger partial charge is 0.302 e. The largest absolute Gasteiger partial charge is 0.462 e. The number of ether oxygens (including phenoxy) is 2. The van der Waals surface area contributed by atoms with Crippen LogP contribution in [-0.2, 0) is 14.3 Å². The molecular weight excluding hydrogens is 264 g/mol. The van der Waals surface area contributed by atoms with Crippen LogP contribution >= 0.6 is 11.6 Å². The van der Waals surface area contributed by atoms with Crippen molar-refractivity contribution in [2.75, 3.05) is 6.61 Å². The first-order valence-corrected chi connectivity index (χ1v) is 7.74. The zero-order chi connectivity index (χ0) is 13.8. The highest BCUT2D eigenvalue weighted by molar-refractivity contribution is 6.25. The van der Waals surface area contributed by atoms with Gasteiger partial charge in [0.1, 0.15) is 6.10 Å². The lowest BCUT2D eigenvalue weighted by molar-refractivity contribution is -0.151. The molecule has 1 aliphatic heterocycles. The van der Waals surface area contributed by atoms with Gasteiger partial charge in [-0.05, 0) is 31.1 Å². The normalized spacial score (nSPS) is 52.6. The van der Waals surface area contributed by atoms with E-state index in [1.54, 1.807) is 0 Å². The molecule has 0 radical (unpaired) electrons. The molecule has 2 aliphatic carbocycles. The van der Waals surface area contributed by atoms with Gasteiger partial charge in [-0.1, -0.05) is 13.8 Å². The molecule has 4 heteroatoms. The Morgan fingerprint density at radius 2 is 2.16 bits per heavy atom. The average Bonchev–Trinajstić information content (AvgIpc) is 2.53. The third kappa shape index (κ3) is 1.77. The summed E-state index contributed by atoms with van der Waals surface area (Å²) in [7, 11) is 0. The van der Waals surface area contributed by atoms with E-state index >= 15 is 0 Å².